The number of carboxylic acid groups (broad SMARTS) is 1. The van der Waals surface area contributed by atoms with E-state index >= 15 is 0 Å². The van der Waals surface area contributed by atoms with Gasteiger partial charge in [0.15, 0.2) is 6.04 Å². The van der Waals surface area contributed by atoms with Crippen LogP contribution in [0.4, 0.5) is 0 Å². The lowest BCUT2D eigenvalue weighted by molar-refractivity contribution is -0.138. The average molecular weight is 271 g/mol. The van der Waals surface area contributed by atoms with E-state index in [0.29, 0.717) is 11.1 Å². The maximum absolute atomic E-state index is 11.3. The minimum absolute atomic E-state index is 0.0334. The highest BCUT2D eigenvalue weighted by Gasteiger charge is 2.17. The number of aromatic hydroxyl groups is 2. The summed E-state index contributed by atoms with van der Waals surface area (Å²) in [6, 6.07) is 11.2. The highest BCUT2D eigenvalue weighted by molar-refractivity contribution is 5.86. The number of para-hydroxylation sites is 1. The van der Waals surface area contributed by atoms with Gasteiger partial charge in [-0.3, -0.25) is 4.99 Å². The third-order valence-electron chi connectivity index (χ3n) is 2.74. The van der Waals surface area contributed by atoms with Gasteiger partial charge in [0.1, 0.15) is 11.5 Å². The molecule has 0 aliphatic rings. The predicted molar refractivity (Wildman–Crippen MR) is 74.2 cm³/mol. The van der Waals surface area contributed by atoms with Crippen LogP contribution in [0.1, 0.15) is 17.2 Å². The molecule has 0 bridgehead atoms. The fraction of sp³-hybridized carbons (Fsp3) is 0.0667. The van der Waals surface area contributed by atoms with E-state index in [9.17, 15) is 20.1 Å². The molecule has 20 heavy (non-hydrogen) atoms. The van der Waals surface area contributed by atoms with Crippen LogP contribution in [0.5, 0.6) is 11.5 Å². The average Bonchev–Trinajstić information content (AvgIpc) is 2.42. The molecule has 5 heteroatoms. The zero-order valence-electron chi connectivity index (χ0n) is 10.5. The van der Waals surface area contributed by atoms with Crippen molar-refractivity contribution in [2.45, 2.75) is 6.04 Å². The first kappa shape index (κ1) is 13.6. The number of benzene rings is 2. The van der Waals surface area contributed by atoms with Crippen molar-refractivity contribution in [1.29, 1.82) is 0 Å². The molecular weight excluding hydrogens is 258 g/mol. The Morgan fingerprint density at radius 3 is 2.30 bits per heavy atom. The Hall–Kier alpha value is -2.82. The van der Waals surface area contributed by atoms with E-state index in [1.165, 1.54) is 36.5 Å². The van der Waals surface area contributed by atoms with Gasteiger partial charge in [-0.25, -0.2) is 4.79 Å². The van der Waals surface area contributed by atoms with Gasteiger partial charge >= 0.3 is 5.97 Å². The van der Waals surface area contributed by atoms with Crippen molar-refractivity contribution in [3.8, 4) is 11.5 Å². The first-order valence-electron chi connectivity index (χ1n) is 5.91. The molecule has 2 aromatic carbocycles. The van der Waals surface area contributed by atoms with Gasteiger partial charge in [0.25, 0.3) is 0 Å². The normalized spacial score (nSPS) is 12.4. The molecule has 0 spiro atoms. The van der Waals surface area contributed by atoms with Crippen LogP contribution in [-0.4, -0.2) is 27.5 Å². The first-order valence-corrected chi connectivity index (χ1v) is 5.91. The Morgan fingerprint density at radius 2 is 1.70 bits per heavy atom. The maximum Gasteiger partial charge on any atom is 0.333 e. The fourth-order valence-corrected chi connectivity index (χ4v) is 1.70. The van der Waals surface area contributed by atoms with Crippen molar-refractivity contribution >= 4 is 12.2 Å². The smallest absolute Gasteiger partial charge is 0.333 e. The lowest BCUT2D eigenvalue weighted by Gasteiger charge is -2.08. The molecule has 5 nitrogen and oxygen atoms in total. The van der Waals surface area contributed by atoms with Crippen LogP contribution in [0.25, 0.3) is 0 Å². The Balaban J connectivity index is 2.29. The van der Waals surface area contributed by atoms with Crippen molar-refractivity contribution in [2.24, 2.45) is 4.99 Å². The molecule has 2 aromatic rings. The highest BCUT2D eigenvalue weighted by atomic mass is 16.4. The van der Waals surface area contributed by atoms with Crippen LogP contribution in [0, 0.1) is 0 Å². The minimum atomic E-state index is -1.11. The van der Waals surface area contributed by atoms with Gasteiger partial charge in [-0.2, -0.15) is 0 Å². The third kappa shape index (κ3) is 3.14. The number of nitrogens with zero attached hydrogens (tertiary/aromatic N) is 1. The summed E-state index contributed by atoms with van der Waals surface area (Å²) in [5.41, 5.74) is 0.888. The summed E-state index contributed by atoms with van der Waals surface area (Å²) in [5, 5.41) is 28.0. The molecule has 0 fully saturated rings. The van der Waals surface area contributed by atoms with Gasteiger partial charge in [-0.1, -0.05) is 24.3 Å². The number of carboxylic acids is 1. The van der Waals surface area contributed by atoms with E-state index in [0.717, 1.165) is 0 Å². The maximum atomic E-state index is 11.3. The van der Waals surface area contributed by atoms with Crippen molar-refractivity contribution < 1.29 is 20.1 Å². The SMILES string of the molecule is O=C(O)C(N=Cc1ccccc1O)c1ccc(O)cc1. The van der Waals surface area contributed by atoms with Gasteiger partial charge in [0, 0.05) is 11.8 Å². The summed E-state index contributed by atoms with van der Waals surface area (Å²) in [4.78, 5) is 15.2. The summed E-state index contributed by atoms with van der Waals surface area (Å²) < 4.78 is 0. The van der Waals surface area contributed by atoms with E-state index in [4.69, 9.17) is 0 Å². The first-order chi connectivity index (χ1) is 9.58. The van der Waals surface area contributed by atoms with Gasteiger partial charge in [0.05, 0.1) is 0 Å². The number of rotatable bonds is 4. The van der Waals surface area contributed by atoms with Crippen LogP contribution in [-0.2, 0) is 4.79 Å². The van der Waals surface area contributed by atoms with Gasteiger partial charge in [-0.15, -0.1) is 0 Å². The number of aliphatic imine (C=N–C) groups is 1. The van der Waals surface area contributed by atoms with Crippen LogP contribution in [0.2, 0.25) is 0 Å². The monoisotopic (exact) mass is 271 g/mol. The number of hydrogen-bond donors (Lipinski definition) is 3. The Bertz CT molecular complexity index is 635. The second-order valence-electron chi connectivity index (χ2n) is 4.17. The molecule has 0 heterocycles. The Labute approximate surface area is 115 Å². The molecule has 2 rings (SSSR count). The lowest BCUT2D eigenvalue weighted by atomic mass is 10.1. The molecule has 0 saturated heterocycles. The van der Waals surface area contributed by atoms with Crippen LogP contribution in [0.3, 0.4) is 0 Å². The molecule has 1 atom stereocenters. The molecular formula is C15H13NO4. The standard InChI is InChI=1S/C15H13NO4/c17-12-7-5-10(6-8-12)14(15(19)20)16-9-11-3-1-2-4-13(11)18/h1-9,14,17-18H,(H,19,20). The third-order valence-corrected chi connectivity index (χ3v) is 2.74. The molecule has 102 valence electrons. The molecule has 0 amide bonds. The summed E-state index contributed by atoms with van der Waals surface area (Å²) in [7, 11) is 0. The van der Waals surface area contributed by atoms with Crippen molar-refractivity contribution in [3.63, 3.8) is 0 Å². The molecule has 0 saturated carbocycles. The van der Waals surface area contributed by atoms with E-state index in [1.54, 1.807) is 18.2 Å². The van der Waals surface area contributed by atoms with Crippen molar-refractivity contribution in [2.75, 3.05) is 0 Å². The molecule has 0 aliphatic carbocycles. The molecule has 0 aromatic heterocycles. The van der Waals surface area contributed by atoms with E-state index in [-0.39, 0.29) is 11.5 Å². The summed E-state index contributed by atoms with van der Waals surface area (Å²) in [5.74, 6) is -1.02. The topological polar surface area (TPSA) is 90.1 Å². The molecule has 0 radical (unpaired) electrons. The van der Waals surface area contributed by atoms with E-state index in [1.807, 2.05) is 0 Å². The summed E-state index contributed by atoms with van der Waals surface area (Å²) in [6.45, 7) is 0. The van der Waals surface area contributed by atoms with Crippen LogP contribution >= 0.6 is 0 Å². The molecule has 1 unspecified atom stereocenters. The quantitative estimate of drug-likeness (QED) is 0.744. The second-order valence-corrected chi connectivity index (χ2v) is 4.17. The zero-order chi connectivity index (χ0) is 14.5. The van der Waals surface area contributed by atoms with Gasteiger partial charge < -0.3 is 15.3 Å². The summed E-state index contributed by atoms with van der Waals surface area (Å²) >= 11 is 0. The van der Waals surface area contributed by atoms with Crippen molar-refractivity contribution in [3.05, 3.63) is 59.7 Å². The van der Waals surface area contributed by atoms with Crippen molar-refractivity contribution in [1.82, 2.24) is 0 Å². The fourth-order valence-electron chi connectivity index (χ4n) is 1.70. The Kier molecular flexibility index (Phi) is 4.00. The predicted octanol–water partition coefficient (Wildman–Crippen LogP) is 2.34. The number of aliphatic carboxylic acids is 1. The van der Waals surface area contributed by atoms with Crippen LogP contribution < -0.4 is 0 Å². The largest absolute Gasteiger partial charge is 0.508 e. The van der Waals surface area contributed by atoms with E-state index < -0.39 is 12.0 Å². The number of hydrogen-bond acceptors (Lipinski definition) is 4. The van der Waals surface area contributed by atoms with E-state index in [2.05, 4.69) is 4.99 Å². The molecule has 3 N–H and O–H groups in total. The zero-order valence-corrected chi connectivity index (χ0v) is 10.5. The lowest BCUT2D eigenvalue weighted by Crippen LogP contribution is -2.09. The highest BCUT2D eigenvalue weighted by Crippen LogP contribution is 2.21. The number of phenolic OH excluding ortho intramolecular Hbond substituents is 2. The number of phenols is 2. The number of carbonyl (C=O) groups is 1. The van der Waals surface area contributed by atoms with Gasteiger partial charge in [0.2, 0.25) is 0 Å². The minimum Gasteiger partial charge on any atom is -0.508 e. The Morgan fingerprint density at radius 1 is 1.05 bits per heavy atom. The summed E-state index contributed by atoms with van der Waals surface area (Å²) in [6.07, 6.45) is 1.32. The van der Waals surface area contributed by atoms with Crippen LogP contribution in [0.15, 0.2) is 53.5 Å². The van der Waals surface area contributed by atoms with Gasteiger partial charge in [-0.05, 0) is 29.8 Å². The molecule has 0 aliphatic heterocycles. The second kappa shape index (κ2) is 5.88.